The number of rotatable bonds is 4. The predicted molar refractivity (Wildman–Crippen MR) is 91.3 cm³/mol. The van der Waals surface area contributed by atoms with Crippen molar-refractivity contribution in [1.82, 2.24) is 5.32 Å². The summed E-state index contributed by atoms with van der Waals surface area (Å²) >= 11 is 3.60. The lowest BCUT2D eigenvalue weighted by Gasteiger charge is -2.08. The van der Waals surface area contributed by atoms with Crippen LogP contribution in [0.5, 0.6) is 0 Å². The van der Waals surface area contributed by atoms with Crippen LogP contribution in [-0.2, 0) is 6.42 Å². The van der Waals surface area contributed by atoms with Crippen LogP contribution in [0, 0.1) is 0 Å². The van der Waals surface area contributed by atoms with Crippen molar-refractivity contribution in [1.29, 1.82) is 0 Å². The van der Waals surface area contributed by atoms with Crippen LogP contribution in [0.1, 0.15) is 5.56 Å². The summed E-state index contributed by atoms with van der Waals surface area (Å²) in [6, 6.07) is 8.56. The molecule has 0 amide bonds. The minimum absolute atomic E-state index is 0.927. The van der Waals surface area contributed by atoms with Crippen molar-refractivity contribution >= 4 is 39.5 Å². The Bertz CT molecular complexity index is 528. The Kier molecular flexibility index (Phi) is 4.86. The number of amidine groups is 2. The Morgan fingerprint density at radius 2 is 1.85 bits per heavy atom. The van der Waals surface area contributed by atoms with E-state index >= 15 is 0 Å². The Labute approximate surface area is 127 Å². The number of benzene rings is 1. The molecule has 0 aromatic heterocycles. The van der Waals surface area contributed by atoms with Crippen molar-refractivity contribution in [2.45, 2.75) is 6.42 Å². The van der Waals surface area contributed by atoms with Gasteiger partial charge in [0.2, 0.25) is 0 Å². The van der Waals surface area contributed by atoms with Crippen molar-refractivity contribution in [3.8, 4) is 0 Å². The number of aliphatic imine (C=N–C) groups is 2. The Morgan fingerprint density at radius 1 is 1.05 bits per heavy atom. The van der Waals surface area contributed by atoms with Crippen LogP contribution >= 0.6 is 23.5 Å². The molecule has 0 spiro atoms. The molecule has 0 atom stereocenters. The molecule has 0 saturated carbocycles. The van der Waals surface area contributed by atoms with Crippen LogP contribution in [0.3, 0.4) is 0 Å². The summed E-state index contributed by atoms with van der Waals surface area (Å²) in [5.41, 5.74) is 2.46. The Morgan fingerprint density at radius 3 is 2.60 bits per heavy atom. The summed E-state index contributed by atoms with van der Waals surface area (Å²) in [5, 5.41) is 8.90. The lowest BCUT2D eigenvalue weighted by atomic mass is 10.1. The minimum Gasteiger partial charge on any atom is -0.365 e. The fourth-order valence-electron chi connectivity index (χ4n) is 2.09. The maximum absolute atomic E-state index is 4.41. The lowest BCUT2D eigenvalue weighted by molar-refractivity contribution is 0.873. The van der Waals surface area contributed by atoms with Gasteiger partial charge in [-0.05, 0) is 24.1 Å². The largest absolute Gasteiger partial charge is 0.365 e. The molecule has 0 bridgehead atoms. The highest BCUT2D eigenvalue weighted by Gasteiger charge is 2.08. The molecule has 6 heteroatoms. The van der Waals surface area contributed by atoms with Gasteiger partial charge < -0.3 is 10.6 Å². The van der Waals surface area contributed by atoms with E-state index < -0.39 is 0 Å². The molecule has 2 N–H and O–H groups in total. The molecule has 0 aliphatic carbocycles. The number of hydrogen-bond acceptors (Lipinski definition) is 6. The predicted octanol–water partition coefficient (Wildman–Crippen LogP) is 2.44. The van der Waals surface area contributed by atoms with Gasteiger partial charge in [0.15, 0.2) is 10.3 Å². The normalized spacial score (nSPS) is 17.8. The molecule has 0 unspecified atom stereocenters. The van der Waals surface area contributed by atoms with Gasteiger partial charge in [-0.25, -0.2) is 0 Å². The summed E-state index contributed by atoms with van der Waals surface area (Å²) in [5.74, 6) is 2.20. The van der Waals surface area contributed by atoms with Crippen LogP contribution in [0.25, 0.3) is 0 Å². The maximum atomic E-state index is 4.41. The van der Waals surface area contributed by atoms with Gasteiger partial charge in [0.05, 0.1) is 13.1 Å². The SMILES string of the molecule is c1cc(CCNC2=NCCS2)cc(NC2=NCCS2)c1. The number of hydrogen-bond donors (Lipinski definition) is 2. The van der Waals surface area contributed by atoms with E-state index in [1.807, 2.05) is 11.8 Å². The van der Waals surface area contributed by atoms with Gasteiger partial charge in [-0.3, -0.25) is 9.98 Å². The summed E-state index contributed by atoms with van der Waals surface area (Å²) in [4.78, 5) is 8.80. The first-order valence-corrected chi connectivity index (χ1v) is 8.81. The van der Waals surface area contributed by atoms with Crippen molar-refractivity contribution in [3.63, 3.8) is 0 Å². The lowest BCUT2D eigenvalue weighted by Crippen LogP contribution is -2.21. The zero-order valence-electron chi connectivity index (χ0n) is 11.3. The molecule has 0 saturated heterocycles. The highest BCUT2D eigenvalue weighted by molar-refractivity contribution is 8.14. The number of thioether (sulfide) groups is 2. The van der Waals surface area contributed by atoms with Crippen LogP contribution in [-0.4, -0.2) is 41.5 Å². The van der Waals surface area contributed by atoms with E-state index in [-0.39, 0.29) is 0 Å². The second kappa shape index (κ2) is 7.04. The van der Waals surface area contributed by atoms with Crippen LogP contribution in [0.15, 0.2) is 34.3 Å². The average molecular weight is 306 g/mol. The molecule has 2 heterocycles. The second-order valence-electron chi connectivity index (χ2n) is 4.57. The van der Waals surface area contributed by atoms with Crippen LogP contribution in [0.4, 0.5) is 5.69 Å². The van der Waals surface area contributed by atoms with Gasteiger partial charge in [0, 0.05) is 23.7 Å². The number of nitrogens with one attached hydrogen (secondary N) is 2. The summed E-state index contributed by atoms with van der Waals surface area (Å²) in [6.45, 7) is 2.81. The summed E-state index contributed by atoms with van der Waals surface area (Å²) in [6.07, 6.45) is 1.01. The monoisotopic (exact) mass is 306 g/mol. The van der Waals surface area contributed by atoms with E-state index in [9.17, 15) is 0 Å². The van der Waals surface area contributed by atoms with Gasteiger partial charge in [0.25, 0.3) is 0 Å². The first-order chi connectivity index (χ1) is 9.90. The van der Waals surface area contributed by atoms with Gasteiger partial charge in [0.1, 0.15) is 0 Å². The fraction of sp³-hybridized carbons (Fsp3) is 0.429. The molecule has 20 heavy (non-hydrogen) atoms. The van der Waals surface area contributed by atoms with Gasteiger partial charge in [-0.1, -0.05) is 35.7 Å². The second-order valence-corrected chi connectivity index (χ2v) is 6.74. The van der Waals surface area contributed by atoms with E-state index in [1.54, 1.807) is 11.8 Å². The third kappa shape index (κ3) is 3.93. The number of anilines is 1. The van der Waals surface area contributed by atoms with Gasteiger partial charge >= 0.3 is 0 Å². The van der Waals surface area contributed by atoms with Gasteiger partial charge in [-0.15, -0.1) is 0 Å². The summed E-state index contributed by atoms with van der Waals surface area (Å²) < 4.78 is 0. The smallest absolute Gasteiger partial charge is 0.161 e. The molecule has 4 nitrogen and oxygen atoms in total. The standard InChI is InChI=1S/C14H18N4S2/c1-2-11(4-5-15-13-16-6-8-19-13)10-12(3-1)18-14-17-7-9-20-14/h1-3,10H,4-9H2,(H,15,16)(H,17,18). The average Bonchev–Trinajstić information content (AvgIpc) is 3.13. The third-order valence-corrected chi connectivity index (χ3v) is 4.86. The van der Waals surface area contributed by atoms with E-state index in [1.165, 1.54) is 5.56 Å². The first-order valence-electron chi connectivity index (χ1n) is 6.84. The molecule has 1 aromatic carbocycles. The molecule has 0 fully saturated rings. The van der Waals surface area contributed by atoms with E-state index in [4.69, 9.17) is 0 Å². The van der Waals surface area contributed by atoms with E-state index in [2.05, 4.69) is 44.9 Å². The molecule has 2 aliphatic heterocycles. The highest BCUT2D eigenvalue weighted by Crippen LogP contribution is 2.17. The molecular weight excluding hydrogens is 288 g/mol. The fourth-order valence-corrected chi connectivity index (χ4v) is 3.61. The first kappa shape index (κ1) is 13.8. The zero-order valence-corrected chi connectivity index (χ0v) is 12.9. The Balaban J connectivity index is 1.51. The number of nitrogens with zero attached hydrogens (tertiary/aromatic N) is 2. The quantitative estimate of drug-likeness (QED) is 0.897. The minimum atomic E-state index is 0.927. The molecular formula is C14H18N4S2. The molecule has 106 valence electrons. The highest BCUT2D eigenvalue weighted by atomic mass is 32.2. The molecule has 3 rings (SSSR count). The van der Waals surface area contributed by atoms with E-state index in [0.717, 1.165) is 53.6 Å². The van der Waals surface area contributed by atoms with Crippen molar-refractivity contribution in [2.24, 2.45) is 9.98 Å². The summed E-state index contributed by atoms with van der Waals surface area (Å²) in [7, 11) is 0. The van der Waals surface area contributed by atoms with Gasteiger partial charge in [-0.2, -0.15) is 0 Å². The topological polar surface area (TPSA) is 48.8 Å². The van der Waals surface area contributed by atoms with Crippen LogP contribution in [0.2, 0.25) is 0 Å². The van der Waals surface area contributed by atoms with Crippen molar-refractivity contribution in [2.75, 3.05) is 36.5 Å². The Hall–Kier alpha value is -1.14. The van der Waals surface area contributed by atoms with Crippen LogP contribution < -0.4 is 10.6 Å². The van der Waals surface area contributed by atoms with Crippen molar-refractivity contribution in [3.05, 3.63) is 29.8 Å². The van der Waals surface area contributed by atoms with Crippen molar-refractivity contribution < 1.29 is 0 Å². The zero-order chi connectivity index (χ0) is 13.6. The van der Waals surface area contributed by atoms with E-state index in [0.29, 0.717) is 0 Å². The maximum Gasteiger partial charge on any atom is 0.161 e. The molecule has 1 aromatic rings. The third-order valence-electron chi connectivity index (χ3n) is 3.04. The molecule has 0 radical (unpaired) electrons. The molecule has 2 aliphatic rings.